The highest BCUT2D eigenvalue weighted by atomic mass is 14.2. The van der Waals surface area contributed by atoms with Crippen molar-refractivity contribution in [2.45, 2.75) is 6.92 Å². The standard InChI is InChI=1S/C31H24/c1-4-24-25(5-2)31(27-16-10-12-22-11-6-7-13-26(22)27)29-15-9-8-14-28(29)30(24)23-19-17-21(3)18-20-23/h4-20H,1-2H2,3H3. The quantitative estimate of drug-likeness (QED) is 0.284. The predicted octanol–water partition coefficient (Wildman–Crippen LogP) is 8.92. The maximum Gasteiger partial charge on any atom is -0.00204 e. The fraction of sp³-hybridized carbons (Fsp3) is 0.0323. The second-order valence-electron chi connectivity index (χ2n) is 7.92. The van der Waals surface area contributed by atoms with E-state index >= 15 is 0 Å². The first-order valence-electron chi connectivity index (χ1n) is 10.6. The van der Waals surface area contributed by atoms with Crippen LogP contribution < -0.4 is 0 Å². The van der Waals surface area contributed by atoms with Gasteiger partial charge in [0.1, 0.15) is 0 Å². The first-order valence-corrected chi connectivity index (χ1v) is 10.6. The van der Waals surface area contributed by atoms with E-state index in [1.165, 1.54) is 49.4 Å². The first kappa shape index (κ1) is 19.1. The minimum absolute atomic E-state index is 1.13. The van der Waals surface area contributed by atoms with Crippen LogP contribution in [0, 0.1) is 6.92 Å². The van der Waals surface area contributed by atoms with E-state index in [1.54, 1.807) is 0 Å². The average molecular weight is 397 g/mol. The molecule has 5 aromatic carbocycles. The zero-order valence-electron chi connectivity index (χ0n) is 17.7. The maximum absolute atomic E-state index is 4.21. The summed E-state index contributed by atoms with van der Waals surface area (Å²) in [6, 6.07) is 32.5. The summed E-state index contributed by atoms with van der Waals surface area (Å²) in [6.45, 7) is 10.5. The molecule has 0 unspecified atom stereocenters. The number of hydrogen-bond acceptors (Lipinski definition) is 0. The minimum Gasteiger partial charge on any atom is -0.0984 e. The summed E-state index contributed by atoms with van der Waals surface area (Å²) in [4.78, 5) is 0. The molecular formula is C31H24. The number of fused-ring (bicyclic) bond motifs is 2. The Morgan fingerprint density at radius 3 is 1.77 bits per heavy atom. The van der Waals surface area contributed by atoms with E-state index in [0.717, 1.165) is 11.1 Å². The van der Waals surface area contributed by atoms with E-state index in [-0.39, 0.29) is 0 Å². The van der Waals surface area contributed by atoms with Crippen molar-refractivity contribution >= 4 is 33.7 Å². The van der Waals surface area contributed by atoms with Crippen molar-refractivity contribution in [1.82, 2.24) is 0 Å². The van der Waals surface area contributed by atoms with Gasteiger partial charge in [-0.1, -0.05) is 122 Å². The van der Waals surface area contributed by atoms with Crippen LogP contribution in [0.25, 0.3) is 56.0 Å². The Labute approximate surface area is 183 Å². The van der Waals surface area contributed by atoms with Crippen molar-refractivity contribution in [3.8, 4) is 22.3 Å². The summed E-state index contributed by atoms with van der Waals surface area (Å²) in [5, 5.41) is 4.95. The van der Waals surface area contributed by atoms with Gasteiger partial charge in [0, 0.05) is 0 Å². The Bertz CT molecular complexity index is 1440. The van der Waals surface area contributed by atoms with Gasteiger partial charge < -0.3 is 0 Å². The molecule has 0 N–H and O–H groups in total. The largest absolute Gasteiger partial charge is 0.0984 e. The van der Waals surface area contributed by atoms with Gasteiger partial charge >= 0.3 is 0 Å². The zero-order valence-corrected chi connectivity index (χ0v) is 17.7. The van der Waals surface area contributed by atoms with Crippen LogP contribution in [0.15, 0.2) is 104 Å². The van der Waals surface area contributed by atoms with Crippen LogP contribution >= 0.6 is 0 Å². The Morgan fingerprint density at radius 1 is 0.548 bits per heavy atom. The number of rotatable bonds is 4. The Hall–Kier alpha value is -3.90. The first-order chi connectivity index (χ1) is 15.2. The highest BCUT2D eigenvalue weighted by Gasteiger charge is 2.19. The monoisotopic (exact) mass is 396 g/mol. The Morgan fingerprint density at radius 2 is 1.10 bits per heavy atom. The van der Waals surface area contributed by atoms with Gasteiger partial charge in [0.05, 0.1) is 0 Å². The van der Waals surface area contributed by atoms with Gasteiger partial charge in [0.15, 0.2) is 0 Å². The van der Waals surface area contributed by atoms with Crippen LogP contribution in [0.1, 0.15) is 16.7 Å². The Balaban J connectivity index is 1.98. The molecule has 0 radical (unpaired) electrons. The predicted molar refractivity (Wildman–Crippen MR) is 137 cm³/mol. The van der Waals surface area contributed by atoms with Crippen molar-refractivity contribution in [3.05, 3.63) is 121 Å². The maximum atomic E-state index is 4.21. The van der Waals surface area contributed by atoms with E-state index in [1.807, 2.05) is 12.2 Å². The lowest BCUT2D eigenvalue weighted by atomic mass is 9.82. The van der Waals surface area contributed by atoms with Crippen LogP contribution in [0.3, 0.4) is 0 Å². The van der Waals surface area contributed by atoms with Crippen LogP contribution in [0.5, 0.6) is 0 Å². The lowest BCUT2D eigenvalue weighted by Gasteiger charge is -2.21. The molecule has 5 rings (SSSR count). The topological polar surface area (TPSA) is 0 Å². The molecule has 0 aliphatic heterocycles. The van der Waals surface area contributed by atoms with Gasteiger partial charge in [-0.05, 0) is 61.8 Å². The van der Waals surface area contributed by atoms with Crippen LogP contribution in [0.4, 0.5) is 0 Å². The molecule has 0 spiro atoms. The fourth-order valence-corrected chi connectivity index (χ4v) is 4.67. The Kier molecular flexibility index (Phi) is 4.76. The summed E-state index contributed by atoms with van der Waals surface area (Å²) < 4.78 is 0. The lowest BCUT2D eigenvalue weighted by molar-refractivity contribution is 1.47. The van der Waals surface area contributed by atoms with E-state index < -0.39 is 0 Å². The van der Waals surface area contributed by atoms with Gasteiger partial charge in [-0.25, -0.2) is 0 Å². The van der Waals surface area contributed by atoms with Crippen molar-refractivity contribution in [2.24, 2.45) is 0 Å². The summed E-state index contributed by atoms with van der Waals surface area (Å²) in [5.41, 5.74) is 8.36. The van der Waals surface area contributed by atoms with Crippen molar-refractivity contribution in [2.75, 3.05) is 0 Å². The van der Waals surface area contributed by atoms with Crippen molar-refractivity contribution in [3.63, 3.8) is 0 Å². The van der Waals surface area contributed by atoms with E-state index in [4.69, 9.17) is 0 Å². The van der Waals surface area contributed by atoms with E-state index in [9.17, 15) is 0 Å². The molecule has 31 heavy (non-hydrogen) atoms. The molecule has 0 saturated carbocycles. The highest BCUT2D eigenvalue weighted by molar-refractivity contribution is 6.14. The minimum atomic E-state index is 1.13. The third-order valence-electron chi connectivity index (χ3n) is 6.10. The normalized spacial score (nSPS) is 11.0. The molecule has 148 valence electrons. The molecule has 0 atom stereocenters. The van der Waals surface area contributed by atoms with Gasteiger partial charge in [0.25, 0.3) is 0 Å². The van der Waals surface area contributed by atoms with Crippen LogP contribution in [-0.4, -0.2) is 0 Å². The summed E-state index contributed by atoms with van der Waals surface area (Å²) in [7, 11) is 0. The van der Waals surface area contributed by atoms with E-state index in [0.29, 0.717) is 0 Å². The fourth-order valence-electron chi connectivity index (χ4n) is 4.67. The molecule has 5 aromatic rings. The molecule has 0 bridgehead atoms. The molecule has 0 aromatic heterocycles. The number of aryl methyl sites for hydroxylation is 1. The molecule has 0 amide bonds. The van der Waals surface area contributed by atoms with Crippen molar-refractivity contribution < 1.29 is 0 Å². The number of benzene rings is 5. The third kappa shape index (κ3) is 3.08. The molecule has 0 heterocycles. The van der Waals surface area contributed by atoms with Gasteiger partial charge in [-0.15, -0.1) is 0 Å². The molecule has 0 nitrogen and oxygen atoms in total. The summed E-state index contributed by atoms with van der Waals surface area (Å²) >= 11 is 0. The molecule has 0 aliphatic carbocycles. The smallest absolute Gasteiger partial charge is 0.00204 e. The molecule has 0 fully saturated rings. The van der Waals surface area contributed by atoms with Gasteiger partial charge in [-0.2, -0.15) is 0 Å². The molecule has 0 aliphatic rings. The summed E-state index contributed by atoms with van der Waals surface area (Å²) in [5.74, 6) is 0. The van der Waals surface area contributed by atoms with Gasteiger partial charge in [-0.3, -0.25) is 0 Å². The summed E-state index contributed by atoms with van der Waals surface area (Å²) in [6.07, 6.45) is 3.96. The molecule has 0 saturated heterocycles. The molecule has 0 heteroatoms. The number of hydrogen-bond donors (Lipinski definition) is 0. The highest BCUT2D eigenvalue weighted by Crippen LogP contribution is 2.44. The van der Waals surface area contributed by atoms with Gasteiger partial charge in [0.2, 0.25) is 0 Å². The SMILES string of the molecule is C=Cc1c(C=C)c(-c2cccc3ccccc23)c2ccccc2c1-c1ccc(C)cc1. The molecular weight excluding hydrogens is 372 g/mol. The second kappa shape index (κ2) is 7.74. The van der Waals surface area contributed by atoms with E-state index in [2.05, 4.69) is 111 Å². The van der Waals surface area contributed by atoms with Crippen molar-refractivity contribution in [1.29, 1.82) is 0 Å². The van der Waals surface area contributed by atoms with Crippen LogP contribution in [0.2, 0.25) is 0 Å². The van der Waals surface area contributed by atoms with Crippen LogP contribution in [-0.2, 0) is 0 Å². The third-order valence-corrected chi connectivity index (χ3v) is 6.10. The zero-order chi connectivity index (χ0) is 21.4. The second-order valence-corrected chi connectivity index (χ2v) is 7.92. The lowest BCUT2D eigenvalue weighted by Crippen LogP contribution is -1.96. The average Bonchev–Trinajstić information content (AvgIpc) is 2.83.